The quantitative estimate of drug-likeness (QED) is 0.685. The average molecular weight is 296 g/mol. The summed E-state index contributed by atoms with van der Waals surface area (Å²) in [6.07, 6.45) is 0. The van der Waals surface area contributed by atoms with Crippen LogP contribution in [-0.4, -0.2) is 22.2 Å². The highest BCUT2D eigenvalue weighted by atomic mass is 16.5. The first kappa shape index (κ1) is 13.9. The fourth-order valence-electron chi connectivity index (χ4n) is 2.23. The Morgan fingerprint density at radius 2 is 1.95 bits per heavy atom. The Kier molecular flexibility index (Phi) is 3.65. The summed E-state index contributed by atoms with van der Waals surface area (Å²) in [5, 5.41) is 13.9. The number of hydrogen-bond acceptors (Lipinski definition) is 6. The summed E-state index contributed by atoms with van der Waals surface area (Å²) in [6, 6.07) is 12.9. The lowest BCUT2D eigenvalue weighted by Gasteiger charge is -2.10. The summed E-state index contributed by atoms with van der Waals surface area (Å²) in [4.78, 5) is 8.64. The molecule has 0 aliphatic rings. The van der Waals surface area contributed by atoms with E-state index in [0.29, 0.717) is 29.6 Å². The van der Waals surface area contributed by atoms with E-state index in [1.54, 1.807) is 12.1 Å². The molecule has 0 amide bonds. The monoisotopic (exact) mass is 296 g/mol. The molecule has 3 aromatic rings. The van der Waals surface area contributed by atoms with E-state index < -0.39 is 0 Å². The van der Waals surface area contributed by atoms with Crippen molar-refractivity contribution >= 4 is 22.7 Å². The van der Waals surface area contributed by atoms with Crippen molar-refractivity contribution in [1.29, 1.82) is 0 Å². The molecule has 1 heterocycles. The normalized spacial score (nSPS) is 10.6. The predicted octanol–water partition coefficient (Wildman–Crippen LogP) is 2.54. The van der Waals surface area contributed by atoms with Crippen molar-refractivity contribution in [2.24, 2.45) is 0 Å². The third kappa shape index (κ3) is 2.58. The van der Waals surface area contributed by atoms with E-state index in [4.69, 9.17) is 10.5 Å². The second kappa shape index (κ2) is 5.77. The lowest BCUT2D eigenvalue weighted by atomic mass is 10.2. The van der Waals surface area contributed by atoms with Crippen molar-refractivity contribution in [3.63, 3.8) is 0 Å². The van der Waals surface area contributed by atoms with Crippen LogP contribution in [0.15, 0.2) is 42.5 Å². The Bertz CT molecular complexity index is 820. The van der Waals surface area contributed by atoms with Crippen LogP contribution in [0.25, 0.3) is 10.9 Å². The maximum atomic E-state index is 10.1. The SMILES string of the molecule is COc1cccc(CNc2nc(N)c3ccccc3n2)c1O. The van der Waals surface area contributed by atoms with Crippen LogP contribution >= 0.6 is 0 Å². The van der Waals surface area contributed by atoms with Crippen molar-refractivity contribution in [1.82, 2.24) is 9.97 Å². The van der Waals surface area contributed by atoms with Crippen LogP contribution in [0.1, 0.15) is 5.56 Å². The number of nitrogens with two attached hydrogens (primary N) is 1. The molecule has 0 fully saturated rings. The van der Waals surface area contributed by atoms with Gasteiger partial charge in [-0.3, -0.25) is 0 Å². The maximum absolute atomic E-state index is 10.1. The van der Waals surface area contributed by atoms with E-state index in [0.717, 1.165) is 10.9 Å². The van der Waals surface area contributed by atoms with Crippen LogP contribution in [-0.2, 0) is 6.54 Å². The number of fused-ring (bicyclic) bond motifs is 1. The molecule has 6 heteroatoms. The van der Waals surface area contributed by atoms with Crippen LogP contribution in [0.2, 0.25) is 0 Å². The fraction of sp³-hybridized carbons (Fsp3) is 0.125. The molecule has 0 aliphatic heterocycles. The topological polar surface area (TPSA) is 93.3 Å². The molecule has 22 heavy (non-hydrogen) atoms. The molecular formula is C16H16N4O2. The number of anilines is 2. The Balaban J connectivity index is 1.85. The largest absolute Gasteiger partial charge is 0.504 e. The van der Waals surface area contributed by atoms with Crippen molar-refractivity contribution < 1.29 is 9.84 Å². The summed E-state index contributed by atoms with van der Waals surface area (Å²) in [5.41, 5.74) is 7.40. The fourth-order valence-corrected chi connectivity index (χ4v) is 2.23. The van der Waals surface area contributed by atoms with Gasteiger partial charge in [-0.25, -0.2) is 4.98 Å². The van der Waals surface area contributed by atoms with Crippen molar-refractivity contribution in [3.05, 3.63) is 48.0 Å². The lowest BCUT2D eigenvalue weighted by molar-refractivity contribution is 0.371. The van der Waals surface area contributed by atoms with E-state index in [1.165, 1.54) is 7.11 Å². The molecule has 4 N–H and O–H groups in total. The van der Waals surface area contributed by atoms with Crippen LogP contribution in [0.4, 0.5) is 11.8 Å². The second-order valence-electron chi connectivity index (χ2n) is 4.77. The molecular weight excluding hydrogens is 280 g/mol. The van der Waals surface area contributed by atoms with Crippen LogP contribution < -0.4 is 15.8 Å². The third-order valence-corrected chi connectivity index (χ3v) is 3.37. The van der Waals surface area contributed by atoms with Gasteiger partial charge in [0.05, 0.1) is 12.6 Å². The van der Waals surface area contributed by atoms with Gasteiger partial charge in [0.15, 0.2) is 11.5 Å². The predicted molar refractivity (Wildman–Crippen MR) is 85.9 cm³/mol. The molecule has 0 radical (unpaired) electrons. The zero-order valence-electron chi connectivity index (χ0n) is 12.1. The number of nitrogens with one attached hydrogen (secondary N) is 1. The standard InChI is InChI=1S/C16H16N4O2/c1-22-13-8-4-5-10(14(13)21)9-18-16-19-12-7-3-2-6-11(12)15(17)20-16/h2-8,21H,9H2,1H3,(H3,17,18,19,20). The van der Waals surface area contributed by atoms with E-state index in [1.807, 2.05) is 30.3 Å². The molecule has 0 atom stereocenters. The molecule has 0 spiro atoms. The van der Waals surface area contributed by atoms with E-state index >= 15 is 0 Å². The third-order valence-electron chi connectivity index (χ3n) is 3.37. The highest BCUT2D eigenvalue weighted by Gasteiger charge is 2.09. The molecule has 2 aromatic carbocycles. The van der Waals surface area contributed by atoms with Gasteiger partial charge in [0.25, 0.3) is 0 Å². The molecule has 0 unspecified atom stereocenters. The lowest BCUT2D eigenvalue weighted by Crippen LogP contribution is -2.06. The number of nitrogens with zero attached hydrogens (tertiary/aromatic N) is 2. The molecule has 1 aromatic heterocycles. The van der Waals surface area contributed by atoms with Gasteiger partial charge in [0.1, 0.15) is 5.82 Å². The van der Waals surface area contributed by atoms with E-state index in [-0.39, 0.29) is 5.75 Å². The number of methoxy groups -OCH3 is 1. The zero-order chi connectivity index (χ0) is 15.5. The Morgan fingerprint density at radius 1 is 1.14 bits per heavy atom. The van der Waals surface area contributed by atoms with E-state index in [9.17, 15) is 5.11 Å². The number of phenolic OH excluding ortho intramolecular Hbond substituents is 1. The minimum atomic E-state index is 0.103. The van der Waals surface area contributed by atoms with Gasteiger partial charge in [0, 0.05) is 17.5 Å². The van der Waals surface area contributed by atoms with Gasteiger partial charge in [-0.15, -0.1) is 0 Å². The second-order valence-corrected chi connectivity index (χ2v) is 4.77. The molecule has 112 valence electrons. The van der Waals surface area contributed by atoms with Crippen molar-refractivity contribution in [2.45, 2.75) is 6.54 Å². The summed E-state index contributed by atoms with van der Waals surface area (Å²) in [5.74, 6) is 1.37. The molecule has 3 rings (SSSR count). The first-order valence-corrected chi connectivity index (χ1v) is 6.80. The molecule has 0 saturated carbocycles. The smallest absolute Gasteiger partial charge is 0.225 e. The minimum absolute atomic E-state index is 0.103. The number of hydrogen-bond donors (Lipinski definition) is 3. The summed E-state index contributed by atoms with van der Waals surface area (Å²) in [6.45, 7) is 0.362. The van der Waals surface area contributed by atoms with Gasteiger partial charge >= 0.3 is 0 Å². The highest BCUT2D eigenvalue weighted by Crippen LogP contribution is 2.29. The van der Waals surface area contributed by atoms with E-state index in [2.05, 4.69) is 15.3 Å². The van der Waals surface area contributed by atoms with Gasteiger partial charge in [-0.2, -0.15) is 4.98 Å². The number of aromatic hydroxyl groups is 1. The van der Waals surface area contributed by atoms with Crippen LogP contribution in [0.5, 0.6) is 11.5 Å². The number of aromatic nitrogens is 2. The molecule has 0 bridgehead atoms. The number of ether oxygens (including phenoxy) is 1. The Morgan fingerprint density at radius 3 is 2.77 bits per heavy atom. The van der Waals surface area contributed by atoms with Crippen LogP contribution in [0.3, 0.4) is 0 Å². The van der Waals surface area contributed by atoms with Gasteiger partial charge in [-0.05, 0) is 18.2 Å². The first-order chi connectivity index (χ1) is 10.7. The Labute approximate surface area is 127 Å². The molecule has 6 nitrogen and oxygen atoms in total. The molecule has 0 saturated heterocycles. The summed E-state index contributed by atoms with van der Waals surface area (Å²) < 4.78 is 5.09. The Hall–Kier alpha value is -3.02. The summed E-state index contributed by atoms with van der Waals surface area (Å²) in [7, 11) is 1.51. The summed E-state index contributed by atoms with van der Waals surface area (Å²) >= 11 is 0. The number of nitrogen functional groups attached to an aromatic ring is 1. The van der Waals surface area contributed by atoms with Crippen molar-refractivity contribution in [2.75, 3.05) is 18.2 Å². The van der Waals surface area contributed by atoms with Crippen molar-refractivity contribution in [3.8, 4) is 11.5 Å². The van der Waals surface area contributed by atoms with Gasteiger partial charge < -0.3 is 20.9 Å². The number of rotatable bonds is 4. The number of para-hydroxylation sites is 2. The minimum Gasteiger partial charge on any atom is -0.504 e. The van der Waals surface area contributed by atoms with Gasteiger partial charge in [-0.1, -0.05) is 24.3 Å². The number of benzene rings is 2. The van der Waals surface area contributed by atoms with Gasteiger partial charge in [0.2, 0.25) is 5.95 Å². The maximum Gasteiger partial charge on any atom is 0.225 e. The van der Waals surface area contributed by atoms with Crippen LogP contribution in [0, 0.1) is 0 Å². The first-order valence-electron chi connectivity index (χ1n) is 6.80. The average Bonchev–Trinajstić information content (AvgIpc) is 2.54. The zero-order valence-corrected chi connectivity index (χ0v) is 12.1. The highest BCUT2D eigenvalue weighted by molar-refractivity contribution is 5.88. The molecule has 0 aliphatic carbocycles. The number of phenols is 1.